The van der Waals surface area contributed by atoms with Crippen LogP contribution in [0.1, 0.15) is 22.4 Å². The molecular weight excluding hydrogens is 384 g/mol. The molecule has 0 aliphatic carbocycles. The van der Waals surface area contributed by atoms with Crippen molar-refractivity contribution < 1.29 is 0 Å². The van der Waals surface area contributed by atoms with Crippen molar-refractivity contribution in [2.75, 3.05) is 36.0 Å². The number of aryl methyl sites for hydroxylation is 3. The highest BCUT2D eigenvalue weighted by atomic mass is 15.4. The Bertz CT molecular complexity index is 1250. The molecule has 0 radical (unpaired) electrons. The lowest BCUT2D eigenvalue weighted by Gasteiger charge is -2.38. The van der Waals surface area contributed by atoms with Gasteiger partial charge in [-0.25, -0.2) is 4.98 Å². The van der Waals surface area contributed by atoms with Gasteiger partial charge in [0.05, 0.1) is 0 Å². The van der Waals surface area contributed by atoms with E-state index in [0.29, 0.717) is 5.78 Å². The second-order valence-electron chi connectivity index (χ2n) is 8.47. The summed E-state index contributed by atoms with van der Waals surface area (Å²) in [6.45, 7) is 12.3. The molecule has 2 aromatic carbocycles. The van der Waals surface area contributed by atoms with Crippen molar-refractivity contribution in [3.05, 3.63) is 70.9 Å². The van der Waals surface area contributed by atoms with Crippen LogP contribution in [0.5, 0.6) is 0 Å². The molecule has 6 nitrogen and oxygen atoms in total. The van der Waals surface area contributed by atoms with Crippen LogP contribution in [0.3, 0.4) is 0 Å². The lowest BCUT2D eigenvalue weighted by atomic mass is 10.1. The van der Waals surface area contributed by atoms with Crippen molar-refractivity contribution in [3.8, 4) is 11.4 Å². The summed E-state index contributed by atoms with van der Waals surface area (Å²) in [7, 11) is 0. The van der Waals surface area contributed by atoms with Crippen molar-refractivity contribution in [3.63, 3.8) is 0 Å². The van der Waals surface area contributed by atoms with E-state index >= 15 is 0 Å². The summed E-state index contributed by atoms with van der Waals surface area (Å²) in [4.78, 5) is 14.3. The lowest BCUT2D eigenvalue weighted by molar-refractivity contribution is 0.637. The van der Waals surface area contributed by atoms with E-state index in [0.717, 1.165) is 49.1 Å². The SMILES string of the molecule is Cc1cccc(-c2nc3nc(C)cc(N4CCN(c5cccc(C)c5C)CC4)n3n2)c1. The average molecular weight is 413 g/mol. The molecule has 0 amide bonds. The van der Waals surface area contributed by atoms with E-state index in [1.807, 2.05) is 17.5 Å². The van der Waals surface area contributed by atoms with Gasteiger partial charge in [0.15, 0.2) is 5.82 Å². The highest BCUT2D eigenvalue weighted by Crippen LogP contribution is 2.26. The van der Waals surface area contributed by atoms with Crippen LogP contribution in [0.4, 0.5) is 11.5 Å². The number of piperazine rings is 1. The molecule has 31 heavy (non-hydrogen) atoms. The van der Waals surface area contributed by atoms with Crippen molar-refractivity contribution in [2.45, 2.75) is 27.7 Å². The minimum absolute atomic E-state index is 0.656. The summed E-state index contributed by atoms with van der Waals surface area (Å²) < 4.78 is 1.90. The van der Waals surface area contributed by atoms with E-state index < -0.39 is 0 Å². The van der Waals surface area contributed by atoms with Gasteiger partial charge in [0, 0.05) is 49.2 Å². The van der Waals surface area contributed by atoms with Crippen LogP contribution < -0.4 is 9.80 Å². The van der Waals surface area contributed by atoms with Crippen molar-refractivity contribution in [1.82, 2.24) is 19.6 Å². The highest BCUT2D eigenvalue weighted by Gasteiger charge is 2.22. The number of hydrogen-bond acceptors (Lipinski definition) is 5. The molecule has 1 aliphatic rings. The van der Waals surface area contributed by atoms with Crippen LogP contribution in [-0.2, 0) is 0 Å². The van der Waals surface area contributed by atoms with Gasteiger partial charge in [-0.1, -0.05) is 35.9 Å². The Kier molecular flexibility index (Phi) is 4.85. The van der Waals surface area contributed by atoms with Crippen molar-refractivity contribution >= 4 is 17.3 Å². The van der Waals surface area contributed by atoms with E-state index in [1.165, 1.54) is 22.4 Å². The van der Waals surface area contributed by atoms with Crippen molar-refractivity contribution in [2.24, 2.45) is 0 Å². The smallest absolute Gasteiger partial charge is 0.254 e. The average Bonchev–Trinajstić information content (AvgIpc) is 3.19. The van der Waals surface area contributed by atoms with Crippen molar-refractivity contribution in [1.29, 1.82) is 0 Å². The van der Waals surface area contributed by atoms with Gasteiger partial charge in [0.1, 0.15) is 5.82 Å². The van der Waals surface area contributed by atoms with Gasteiger partial charge in [-0.2, -0.15) is 9.50 Å². The third kappa shape index (κ3) is 3.63. The van der Waals surface area contributed by atoms with E-state index in [9.17, 15) is 0 Å². The summed E-state index contributed by atoms with van der Waals surface area (Å²) >= 11 is 0. The van der Waals surface area contributed by atoms with Gasteiger partial charge < -0.3 is 9.80 Å². The molecule has 158 valence electrons. The Hall–Kier alpha value is -3.41. The zero-order chi connectivity index (χ0) is 21.5. The molecule has 5 rings (SSSR count). The molecule has 0 N–H and O–H groups in total. The molecule has 4 aromatic rings. The number of aromatic nitrogens is 4. The van der Waals surface area contributed by atoms with Gasteiger partial charge in [-0.15, -0.1) is 5.10 Å². The Morgan fingerprint density at radius 1 is 0.774 bits per heavy atom. The fraction of sp³-hybridized carbons (Fsp3) is 0.320. The molecule has 2 aromatic heterocycles. The fourth-order valence-electron chi connectivity index (χ4n) is 4.35. The van der Waals surface area contributed by atoms with Gasteiger partial charge >= 0.3 is 0 Å². The molecule has 3 heterocycles. The maximum Gasteiger partial charge on any atom is 0.254 e. The molecule has 0 unspecified atom stereocenters. The van der Waals surface area contributed by atoms with Crippen LogP contribution in [-0.4, -0.2) is 45.8 Å². The quantitative estimate of drug-likeness (QED) is 0.501. The summed E-state index contributed by atoms with van der Waals surface area (Å²) in [6.07, 6.45) is 0. The minimum Gasteiger partial charge on any atom is -0.368 e. The molecule has 6 heteroatoms. The molecule has 0 spiro atoms. The minimum atomic E-state index is 0.656. The first-order chi connectivity index (χ1) is 15.0. The summed E-state index contributed by atoms with van der Waals surface area (Å²) in [5.41, 5.74) is 7.24. The second kappa shape index (κ2) is 7.69. The van der Waals surface area contributed by atoms with Crippen LogP contribution in [0.25, 0.3) is 17.2 Å². The maximum absolute atomic E-state index is 4.83. The Labute approximate surface area is 183 Å². The number of fused-ring (bicyclic) bond motifs is 1. The molecule has 1 saturated heterocycles. The predicted molar refractivity (Wildman–Crippen MR) is 126 cm³/mol. The van der Waals surface area contributed by atoms with Crippen LogP contribution in [0, 0.1) is 27.7 Å². The maximum atomic E-state index is 4.83. The third-order valence-electron chi connectivity index (χ3n) is 6.22. The van der Waals surface area contributed by atoms with E-state index in [1.54, 1.807) is 0 Å². The van der Waals surface area contributed by atoms with Gasteiger partial charge in [-0.05, 0) is 51.0 Å². The lowest BCUT2D eigenvalue weighted by Crippen LogP contribution is -2.47. The fourth-order valence-corrected chi connectivity index (χ4v) is 4.35. The number of hydrogen-bond donors (Lipinski definition) is 0. The molecule has 0 bridgehead atoms. The molecular formula is C25H28N6. The Morgan fingerprint density at radius 2 is 1.52 bits per heavy atom. The summed E-state index contributed by atoms with van der Waals surface area (Å²) in [6, 6.07) is 17.0. The highest BCUT2D eigenvalue weighted by molar-refractivity contribution is 5.61. The first-order valence-electron chi connectivity index (χ1n) is 10.9. The molecule has 1 aliphatic heterocycles. The standard InChI is InChI=1S/C25H28N6/c1-17-7-5-9-21(15-17)24-27-25-26-19(3)16-23(31(25)28-24)30-13-11-29(12-14-30)22-10-6-8-18(2)20(22)4/h5-10,15-16H,11-14H2,1-4H3. The Balaban J connectivity index is 1.45. The number of benzene rings is 2. The largest absolute Gasteiger partial charge is 0.368 e. The second-order valence-corrected chi connectivity index (χ2v) is 8.47. The number of rotatable bonds is 3. The van der Waals surface area contributed by atoms with Crippen LogP contribution in [0.2, 0.25) is 0 Å². The first kappa shape index (κ1) is 19.5. The summed E-state index contributed by atoms with van der Waals surface area (Å²) in [5, 5.41) is 4.83. The van der Waals surface area contributed by atoms with Crippen LogP contribution in [0.15, 0.2) is 48.5 Å². The third-order valence-corrected chi connectivity index (χ3v) is 6.22. The number of anilines is 2. The molecule has 0 saturated carbocycles. The van der Waals surface area contributed by atoms with Gasteiger partial charge in [0.2, 0.25) is 0 Å². The van der Waals surface area contributed by atoms with E-state index in [4.69, 9.17) is 10.1 Å². The number of nitrogens with zero attached hydrogens (tertiary/aromatic N) is 6. The topological polar surface area (TPSA) is 49.6 Å². The molecule has 1 fully saturated rings. The predicted octanol–water partition coefficient (Wildman–Crippen LogP) is 4.35. The molecule has 0 atom stereocenters. The van der Waals surface area contributed by atoms with E-state index in [2.05, 4.69) is 78.0 Å². The van der Waals surface area contributed by atoms with E-state index in [-0.39, 0.29) is 0 Å². The first-order valence-corrected chi connectivity index (χ1v) is 10.9. The van der Waals surface area contributed by atoms with Gasteiger partial charge in [0.25, 0.3) is 5.78 Å². The zero-order valence-electron chi connectivity index (χ0n) is 18.6. The van der Waals surface area contributed by atoms with Crippen LogP contribution >= 0.6 is 0 Å². The Morgan fingerprint density at radius 3 is 2.29 bits per heavy atom. The van der Waals surface area contributed by atoms with Gasteiger partial charge in [-0.3, -0.25) is 0 Å². The zero-order valence-corrected chi connectivity index (χ0v) is 18.6. The monoisotopic (exact) mass is 412 g/mol. The summed E-state index contributed by atoms with van der Waals surface area (Å²) in [5.74, 6) is 2.44. The normalized spacial score (nSPS) is 14.5.